The van der Waals surface area contributed by atoms with Crippen molar-refractivity contribution in [1.29, 1.82) is 0 Å². The second-order valence-electron chi connectivity index (χ2n) is 17.3. The number of hydrogen-bond acceptors (Lipinski definition) is 8. The van der Waals surface area contributed by atoms with Gasteiger partial charge in [0.15, 0.2) is 6.29 Å². The van der Waals surface area contributed by atoms with Crippen LogP contribution >= 0.6 is 0 Å². The van der Waals surface area contributed by atoms with Crippen LogP contribution in [-0.2, 0) is 24.1 Å². The lowest BCUT2D eigenvalue weighted by atomic mass is 9.94. The molecule has 1 heterocycles. The first-order valence-electron chi connectivity index (χ1n) is 24.1. The van der Waals surface area contributed by atoms with Crippen LogP contribution in [0.4, 0.5) is 0 Å². The Morgan fingerprint density at radius 2 is 0.804 bits per heavy atom. The predicted octanol–water partition coefficient (Wildman–Crippen LogP) is 12.3. The maximum atomic E-state index is 11.4. The van der Waals surface area contributed by atoms with E-state index in [0.717, 1.165) is 25.7 Å². The van der Waals surface area contributed by atoms with Crippen molar-refractivity contribution in [2.75, 3.05) is 13.2 Å². The second kappa shape index (κ2) is 37.7. The van der Waals surface area contributed by atoms with Gasteiger partial charge in [0.05, 0.1) is 13.2 Å². The molecular weight excluding hydrogens is 729 g/mol. The summed E-state index contributed by atoms with van der Waals surface area (Å²) >= 11 is 0. The van der Waals surface area contributed by atoms with E-state index < -0.39 is 47.7 Å². The van der Waals surface area contributed by atoms with Crippen LogP contribution in [0.5, 0.6) is 0 Å². The van der Waals surface area contributed by atoms with E-state index in [1.807, 2.05) is 0 Å². The molecule has 10 heteroatoms. The number of aliphatic hydroxyl groups is 3. The van der Waals surface area contributed by atoms with Crippen molar-refractivity contribution in [2.45, 2.75) is 276 Å². The lowest BCUT2D eigenvalue weighted by Gasteiger charge is -2.41. The number of rotatable bonds is 42. The van der Waals surface area contributed by atoms with Gasteiger partial charge in [-0.3, -0.25) is 4.55 Å². The zero-order chi connectivity index (χ0) is 41.0. The number of aliphatic hydroxyl groups excluding tert-OH is 3. The summed E-state index contributed by atoms with van der Waals surface area (Å²) in [5.41, 5.74) is 0. The molecule has 1 aliphatic rings. The quantitative estimate of drug-likeness (QED) is 0.0349. The number of hydrogen-bond donors (Lipinski definition) is 4. The van der Waals surface area contributed by atoms with Gasteiger partial charge < -0.3 is 24.8 Å². The molecule has 0 aromatic carbocycles. The highest BCUT2D eigenvalue weighted by atomic mass is 32.3. The van der Waals surface area contributed by atoms with Crippen molar-refractivity contribution in [3.8, 4) is 0 Å². The van der Waals surface area contributed by atoms with Gasteiger partial charge in [-0.25, -0.2) is 4.18 Å². The first-order valence-corrected chi connectivity index (χ1v) is 25.5. The average molecular weight is 821 g/mol. The van der Waals surface area contributed by atoms with Crippen molar-refractivity contribution in [3.05, 3.63) is 0 Å². The van der Waals surface area contributed by atoms with Gasteiger partial charge in [-0.15, -0.1) is 0 Å². The van der Waals surface area contributed by atoms with Crippen LogP contribution in [0.1, 0.15) is 245 Å². The summed E-state index contributed by atoms with van der Waals surface area (Å²) in [5.74, 6) is 0.249. The highest BCUT2D eigenvalue weighted by Crippen LogP contribution is 2.28. The minimum absolute atomic E-state index is 0.249. The standard InChI is InChI=1S/C46H92O9S/c1-3-5-7-9-11-13-15-17-19-20-21-22-23-24-26-28-30-32-34-36-38-41(37-35-33-31-29-27-25-18-16-14-12-10-8-6-4-2)40-53-46-44(49)45(55-56(50,51)52)43(48)42(39-47)54-46/h41-49H,3-40H2,1-2H3,(H,50,51,52)/t41?,42-,43+,44-,45+,46-/m1/s1. The normalized spacial score (nSPS) is 20.9. The summed E-state index contributed by atoms with van der Waals surface area (Å²) in [4.78, 5) is 0. The molecule has 1 unspecified atom stereocenters. The van der Waals surface area contributed by atoms with Crippen LogP contribution in [0.25, 0.3) is 0 Å². The minimum Gasteiger partial charge on any atom is -0.394 e. The van der Waals surface area contributed by atoms with Gasteiger partial charge in [0.2, 0.25) is 0 Å². The fourth-order valence-electron chi connectivity index (χ4n) is 8.30. The highest BCUT2D eigenvalue weighted by Gasteiger charge is 2.47. The molecule has 56 heavy (non-hydrogen) atoms. The van der Waals surface area contributed by atoms with E-state index in [4.69, 9.17) is 9.47 Å². The molecule has 1 aliphatic heterocycles. The third-order valence-corrected chi connectivity index (χ3v) is 12.4. The van der Waals surface area contributed by atoms with Gasteiger partial charge in [-0.1, -0.05) is 232 Å². The molecule has 336 valence electrons. The summed E-state index contributed by atoms with van der Waals surface area (Å²) in [6.45, 7) is 4.24. The Morgan fingerprint density at radius 1 is 0.500 bits per heavy atom. The summed E-state index contributed by atoms with van der Waals surface area (Å²) in [7, 11) is -4.96. The Labute approximate surface area is 346 Å². The highest BCUT2D eigenvalue weighted by molar-refractivity contribution is 7.80. The third kappa shape index (κ3) is 30.7. The fraction of sp³-hybridized carbons (Fsp3) is 1.00. The van der Waals surface area contributed by atoms with Crippen molar-refractivity contribution in [3.63, 3.8) is 0 Å². The third-order valence-electron chi connectivity index (χ3n) is 12.0. The maximum absolute atomic E-state index is 11.4. The number of unbranched alkanes of at least 4 members (excludes halogenated alkanes) is 32. The molecule has 0 amide bonds. The molecule has 6 atom stereocenters. The van der Waals surface area contributed by atoms with E-state index >= 15 is 0 Å². The second-order valence-corrected chi connectivity index (χ2v) is 18.3. The van der Waals surface area contributed by atoms with Crippen LogP contribution in [0.2, 0.25) is 0 Å². The van der Waals surface area contributed by atoms with Crippen molar-refractivity contribution in [2.24, 2.45) is 5.92 Å². The van der Waals surface area contributed by atoms with Crippen LogP contribution in [0, 0.1) is 5.92 Å². The smallest absolute Gasteiger partial charge is 0.394 e. The molecule has 0 spiro atoms. The monoisotopic (exact) mass is 821 g/mol. The molecule has 0 bridgehead atoms. The lowest BCUT2D eigenvalue weighted by Crippen LogP contribution is -2.60. The van der Waals surface area contributed by atoms with Gasteiger partial charge in [0.25, 0.3) is 0 Å². The maximum Gasteiger partial charge on any atom is 0.397 e. The molecule has 0 aromatic heterocycles. The van der Waals surface area contributed by atoms with Gasteiger partial charge in [0, 0.05) is 0 Å². The molecule has 4 N–H and O–H groups in total. The molecule has 1 fully saturated rings. The van der Waals surface area contributed by atoms with Gasteiger partial charge >= 0.3 is 10.4 Å². The van der Waals surface area contributed by atoms with Crippen molar-refractivity contribution in [1.82, 2.24) is 0 Å². The summed E-state index contributed by atoms with van der Waals surface area (Å²) in [6, 6.07) is 0. The van der Waals surface area contributed by atoms with Crippen LogP contribution in [0.3, 0.4) is 0 Å². The predicted molar refractivity (Wildman–Crippen MR) is 231 cm³/mol. The Kier molecular flexibility index (Phi) is 36.1. The van der Waals surface area contributed by atoms with Gasteiger partial charge in [0.1, 0.15) is 24.4 Å². The van der Waals surface area contributed by atoms with E-state index in [0.29, 0.717) is 6.61 Å². The van der Waals surface area contributed by atoms with E-state index in [1.54, 1.807) is 0 Å². The molecule has 9 nitrogen and oxygen atoms in total. The summed E-state index contributed by atoms with van der Waals surface area (Å²) in [5, 5.41) is 30.8. The van der Waals surface area contributed by atoms with Crippen molar-refractivity contribution >= 4 is 10.4 Å². The van der Waals surface area contributed by atoms with E-state index in [1.165, 1.54) is 205 Å². The zero-order valence-corrected chi connectivity index (χ0v) is 37.4. The van der Waals surface area contributed by atoms with E-state index in [2.05, 4.69) is 18.0 Å². The van der Waals surface area contributed by atoms with E-state index in [9.17, 15) is 28.3 Å². The van der Waals surface area contributed by atoms with Gasteiger partial charge in [-0.05, 0) is 18.8 Å². The Morgan fingerprint density at radius 3 is 1.09 bits per heavy atom. The molecule has 0 aliphatic carbocycles. The Hall–Kier alpha value is -0.330. The SMILES string of the molecule is CCCCCCCCCCCCCCCCCCCCCCC(CCCCCCCCCCCCCCCC)CO[C@@H]1O[C@H](CO)[C@H](O)[C@H](OS(=O)(=O)O)[C@H]1O. The molecule has 0 radical (unpaired) electrons. The largest absolute Gasteiger partial charge is 0.397 e. The molecule has 1 saturated heterocycles. The van der Waals surface area contributed by atoms with Crippen molar-refractivity contribution < 1.29 is 41.9 Å². The summed E-state index contributed by atoms with van der Waals surface area (Å²) < 4.78 is 48.1. The van der Waals surface area contributed by atoms with Crippen LogP contribution < -0.4 is 0 Å². The number of ether oxygens (including phenoxy) is 2. The Balaban J connectivity index is 2.31. The van der Waals surface area contributed by atoms with Crippen LogP contribution in [0.15, 0.2) is 0 Å². The first kappa shape index (κ1) is 53.7. The molecule has 1 rings (SSSR count). The average Bonchev–Trinajstić information content (AvgIpc) is 3.17. The minimum atomic E-state index is -4.96. The Bertz CT molecular complexity index is 936. The molecular formula is C46H92O9S. The topological polar surface area (TPSA) is 143 Å². The van der Waals surface area contributed by atoms with Crippen LogP contribution in [-0.4, -0.2) is 72.2 Å². The van der Waals surface area contributed by atoms with Gasteiger partial charge in [-0.2, -0.15) is 8.42 Å². The lowest BCUT2D eigenvalue weighted by molar-refractivity contribution is -0.299. The molecule has 0 aromatic rings. The zero-order valence-electron chi connectivity index (χ0n) is 36.6. The fourth-order valence-corrected chi connectivity index (χ4v) is 8.81. The summed E-state index contributed by atoms with van der Waals surface area (Å²) in [6.07, 6.45) is 39.9. The molecule has 0 saturated carbocycles. The first-order chi connectivity index (χ1) is 27.2. The van der Waals surface area contributed by atoms with E-state index in [-0.39, 0.29) is 5.92 Å².